The normalized spacial score (nSPS) is 10.5. The van der Waals surface area contributed by atoms with E-state index in [0.717, 1.165) is 5.56 Å². The highest BCUT2D eigenvalue weighted by Gasteiger charge is 2.09. The fourth-order valence-corrected chi connectivity index (χ4v) is 2.66. The largest absolute Gasteiger partial charge is 0.459 e. The van der Waals surface area contributed by atoms with Gasteiger partial charge in [0.15, 0.2) is 5.76 Å². The molecule has 2 N–H and O–H groups in total. The van der Waals surface area contributed by atoms with Crippen molar-refractivity contribution in [2.45, 2.75) is 6.54 Å². The summed E-state index contributed by atoms with van der Waals surface area (Å²) in [4.78, 5) is 32.5. The van der Waals surface area contributed by atoms with Crippen molar-refractivity contribution < 1.29 is 14.0 Å². The molecule has 3 aromatic heterocycles. The molecule has 0 bridgehead atoms. The number of furan rings is 1. The van der Waals surface area contributed by atoms with E-state index in [-0.39, 0.29) is 17.6 Å². The third-order valence-electron chi connectivity index (χ3n) is 4.19. The van der Waals surface area contributed by atoms with Crippen molar-refractivity contribution in [3.63, 3.8) is 0 Å². The fraction of sp³-hybridized carbons (Fsp3) is 0.0476. The standard InChI is InChI=1S/C21H17N5O3/c27-20(16-5-8-19(23-13-16)26-10-9-22-14-26)24-12-15-3-6-17(7-4-15)25-21(28)18-2-1-11-29-18/h1-11,13-14H,12H2,(H,24,27)(H,25,28). The minimum Gasteiger partial charge on any atom is -0.459 e. The molecule has 0 spiro atoms. The summed E-state index contributed by atoms with van der Waals surface area (Å²) in [7, 11) is 0. The van der Waals surface area contributed by atoms with Crippen LogP contribution in [0.15, 0.2) is 84.1 Å². The van der Waals surface area contributed by atoms with E-state index >= 15 is 0 Å². The second-order valence-corrected chi connectivity index (χ2v) is 6.19. The number of pyridine rings is 1. The van der Waals surface area contributed by atoms with Crippen LogP contribution in [0.1, 0.15) is 26.5 Å². The van der Waals surface area contributed by atoms with Gasteiger partial charge in [-0.2, -0.15) is 0 Å². The molecule has 0 unspecified atom stereocenters. The van der Waals surface area contributed by atoms with Crippen LogP contribution in [-0.2, 0) is 6.54 Å². The number of amides is 2. The summed E-state index contributed by atoms with van der Waals surface area (Å²) < 4.78 is 6.82. The van der Waals surface area contributed by atoms with Gasteiger partial charge in [0.05, 0.1) is 11.8 Å². The maximum absolute atomic E-state index is 12.3. The molecule has 8 nitrogen and oxygen atoms in total. The zero-order valence-electron chi connectivity index (χ0n) is 15.3. The molecule has 144 valence electrons. The molecule has 0 radical (unpaired) electrons. The van der Waals surface area contributed by atoms with Crippen LogP contribution >= 0.6 is 0 Å². The Bertz CT molecular complexity index is 1090. The van der Waals surface area contributed by atoms with E-state index in [4.69, 9.17) is 4.42 Å². The highest BCUT2D eigenvalue weighted by Crippen LogP contribution is 2.12. The van der Waals surface area contributed by atoms with Crippen LogP contribution < -0.4 is 10.6 Å². The summed E-state index contributed by atoms with van der Waals surface area (Å²) in [6, 6.07) is 13.9. The Kier molecular flexibility index (Phi) is 5.15. The molecule has 2 amide bonds. The van der Waals surface area contributed by atoms with Crippen molar-refractivity contribution in [1.82, 2.24) is 19.9 Å². The van der Waals surface area contributed by atoms with Crippen LogP contribution in [0.5, 0.6) is 0 Å². The number of rotatable bonds is 6. The summed E-state index contributed by atoms with van der Waals surface area (Å²) in [6.45, 7) is 0.356. The number of nitrogens with zero attached hydrogens (tertiary/aromatic N) is 3. The molecule has 8 heteroatoms. The number of hydrogen-bond acceptors (Lipinski definition) is 5. The molecule has 0 saturated carbocycles. The molecule has 4 rings (SSSR count). The Morgan fingerprint density at radius 3 is 2.55 bits per heavy atom. The number of anilines is 1. The van der Waals surface area contributed by atoms with E-state index in [1.165, 1.54) is 12.5 Å². The first kappa shape index (κ1) is 18.2. The molecule has 29 heavy (non-hydrogen) atoms. The molecular formula is C21H17N5O3. The van der Waals surface area contributed by atoms with Crippen molar-refractivity contribution in [2.75, 3.05) is 5.32 Å². The first-order valence-electron chi connectivity index (χ1n) is 8.85. The first-order valence-corrected chi connectivity index (χ1v) is 8.85. The van der Waals surface area contributed by atoms with Crippen molar-refractivity contribution in [3.05, 3.63) is 96.6 Å². The van der Waals surface area contributed by atoms with Gasteiger partial charge < -0.3 is 15.1 Å². The number of imidazole rings is 1. The van der Waals surface area contributed by atoms with E-state index in [1.54, 1.807) is 59.7 Å². The number of hydrogen-bond donors (Lipinski definition) is 2. The number of carbonyl (C=O) groups excluding carboxylic acids is 2. The van der Waals surface area contributed by atoms with E-state index in [9.17, 15) is 9.59 Å². The van der Waals surface area contributed by atoms with Crippen molar-refractivity contribution in [2.24, 2.45) is 0 Å². The second-order valence-electron chi connectivity index (χ2n) is 6.19. The minimum atomic E-state index is -0.317. The Labute approximate surface area is 166 Å². The average molecular weight is 387 g/mol. The molecular weight excluding hydrogens is 370 g/mol. The predicted octanol–water partition coefficient (Wildman–Crippen LogP) is 3.04. The maximum Gasteiger partial charge on any atom is 0.291 e. The molecule has 1 aromatic carbocycles. The Morgan fingerprint density at radius 2 is 1.90 bits per heavy atom. The molecule has 0 aliphatic carbocycles. The van der Waals surface area contributed by atoms with Gasteiger partial charge in [0.2, 0.25) is 0 Å². The summed E-state index contributed by atoms with van der Waals surface area (Å²) >= 11 is 0. The second kappa shape index (κ2) is 8.22. The highest BCUT2D eigenvalue weighted by molar-refractivity contribution is 6.02. The zero-order valence-corrected chi connectivity index (χ0v) is 15.3. The third-order valence-corrected chi connectivity index (χ3v) is 4.19. The van der Waals surface area contributed by atoms with Crippen molar-refractivity contribution >= 4 is 17.5 Å². The highest BCUT2D eigenvalue weighted by atomic mass is 16.3. The lowest BCUT2D eigenvalue weighted by atomic mass is 10.2. The Morgan fingerprint density at radius 1 is 1.03 bits per heavy atom. The van der Waals surface area contributed by atoms with Crippen LogP contribution in [0.4, 0.5) is 5.69 Å². The summed E-state index contributed by atoms with van der Waals surface area (Å²) in [5.74, 6) is 0.396. The summed E-state index contributed by atoms with van der Waals surface area (Å²) in [6.07, 6.45) is 8.06. The molecule has 0 aliphatic heterocycles. The van der Waals surface area contributed by atoms with Crippen molar-refractivity contribution in [3.8, 4) is 5.82 Å². The van der Waals surface area contributed by atoms with Gasteiger partial charge in [-0.15, -0.1) is 0 Å². The van der Waals surface area contributed by atoms with Crippen LogP contribution in [0, 0.1) is 0 Å². The molecule has 0 aliphatic rings. The molecule has 0 atom stereocenters. The van der Waals surface area contributed by atoms with Crippen molar-refractivity contribution in [1.29, 1.82) is 0 Å². The van der Waals surface area contributed by atoms with Gasteiger partial charge in [-0.1, -0.05) is 12.1 Å². The summed E-state index contributed by atoms with van der Waals surface area (Å²) in [5, 5.41) is 5.60. The lowest BCUT2D eigenvalue weighted by Gasteiger charge is -2.08. The van der Waals surface area contributed by atoms with E-state index in [1.807, 2.05) is 12.1 Å². The first-order chi connectivity index (χ1) is 14.2. The monoisotopic (exact) mass is 387 g/mol. The Hall–Kier alpha value is -4.20. The summed E-state index contributed by atoms with van der Waals surface area (Å²) in [5.41, 5.74) is 2.01. The third kappa shape index (κ3) is 4.38. The van der Waals surface area contributed by atoms with Gasteiger partial charge in [-0.3, -0.25) is 14.2 Å². The Balaban J connectivity index is 1.31. The maximum atomic E-state index is 12.3. The molecule has 0 saturated heterocycles. The van der Waals surface area contributed by atoms with Crippen LogP contribution in [0.3, 0.4) is 0 Å². The lowest BCUT2D eigenvalue weighted by molar-refractivity contribution is 0.0949. The number of aromatic nitrogens is 3. The van der Waals surface area contributed by atoms with E-state index in [0.29, 0.717) is 23.6 Å². The number of carbonyl (C=O) groups is 2. The molecule has 0 fully saturated rings. The van der Waals surface area contributed by atoms with Gasteiger partial charge in [-0.25, -0.2) is 9.97 Å². The predicted molar refractivity (Wildman–Crippen MR) is 106 cm³/mol. The minimum absolute atomic E-state index is 0.218. The smallest absolute Gasteiger partial charge is 0.291 e. The molecule has 4 aromatic rings. The van der Waals surface area contributed by atoms with Gasteiger partial charge in [0.25, 0.3) is 11.8 Å². The van der Waals surface area contributed by atoms with Gasteiger partial charge >= 0.3 is 0 Å². The van der Waals surface area contributed by atoms with Gasteiger partial charge in [0, 0.05) is 30.8 Å². The number of nitrogens with one attached hydrogen (secondary N) is 2. The van der Waals surface area contributed by atoms with E-state index in [2.05, 4.69) is 20.6 Å². The number of benzene rings is 1. The topological polar surface area (TPSA) is 102 Å². The van der Waals surface area contributed by atoms with Crippen LogP contribution in [-0.4, -0.2) is 26.3 Å². The quantitative estimate of drug-likeness (QED) is 0.529. The van der Waals surface area contributed by atoms with E-state index < -0.39 is 0 Å². The van der Waals surface area contributed by atoms with Crippen LogP contribution in [0.25, 0.3) is 5.82 Å². The fourth-order valence-electron chi connectivity index (χ4n) is 2.66. The van der Waals surface area contributed by atoms with Gasteiger partial charge in [-0.05, 0) is 42.0 Å². The van der Waals surface area contributed by atoms with Gasteiger partial charge in [0.1, 0.15) is 12.1 Å². The lowest BCUT2D eigenvalue weighted by Crippen LogP contribution is -2.23. The molecule has 3 heterocycles. The average Bonchev–Trinajstić information content (AvgIpc) is 3.47. The SMILES string of the molecule is O=C(NCc1ccc(NC(=O)c2ccco2)cc1)c1ccc(-n2ccnc2)nc1. The van der Waals surface area contributed by atoms with Crippen LogP contribution in [0.2, 0.25) is 0 Å². The zero-order chi connectivity index (χ0) is 20.1.